The van der Waals surface area contributed by atoms with Crippen LogP contribution in [0.3, 0.4) is 0 Å². The van der Waals surface area contributed by atoms with Crippen molar-refractivity contribution < 1.29 is 0 Å². The maximum atomic E-state index is 5.71. The number of hydrogen-bond acceptors (Lipinski definition) is 1. The molecule has 1 aromatic carbocycles. The Labute approximate surface area is 80.9 Å². The Morgan fingerprint density at radius 1 is 1.18 bits per heavy atom. The summed E-state index contributed by atoms with van der Waals surface area (Å²) in [6.45, 7) is 0. The molecule has 0 aliphatic rings. The maximum Gasteiger partial charge on any atom is 0.0406 e. The predicted octanol–water partition coefficient (Wildman–Crippen LogP) is 3.67. The standard InChI is InChI=1S/C8H8Cl2S/c9-5-6-11-8-3-1-7(10)2-4-8/h1-4H,5-6H2. The lowest BCUT2D eigenvalue weighted by atomic mass is 10.4. The fourth-order valence-electron chi connectivity index (χ4n) is 0.687. The molecule has 0 bridgehead atoms. The molecule has 0 N–H and O–H groups in total. The Hall–Kier alpha value is 0.150. The van der Waals surface area contributed by atoms with Crippen molar-refractivity contribution in [1.29, 1.82) is 0 Å². The molecule has 0 saturated carbocycles. The van der Waals surface area contributed by atoms with Gasteiger partial charge in [0.1, 0.15) is 0 Å². The highest BCUT2D eigenvalue weighted by molar-refractivity contribution is 7.99. The first kappa shape index (κ1) is 9.24. The summed E-state index contributed by atoms with van der Waals surface area (Å²) < 4.78 is 0. The topological polar surface area (TPSA) is 0 Å². The number of alkyl halides is 1. The van der Waals surface area contributed by atoms with Gasteiger partial charge in [0.15, 0.2) is 0 Å². The second kappa shape index (κ2) is 4.91. The van der Waals surface area contributed by atoms with E-state index in [0.717, 1.165) is 10.8 Å². The largest absolute Gasteiger partial charge is 0.126 e. The monoisotopic (exact) mass is 206 g/mol. The fourth-order valence-corrected chi connectivity index (χ4v) is 1.69. The van der Waals surface area contributed by atoms with Gasteiger partial charge in [-0.1, -0.05) is 11.6 Å². The summed E-state index contributed by atoms with van der Waals surface area (Å²) in [5, 5.41) is 0.778. The van der Waals surface area contributed by atoms with Crippen LogP contribution in [0.15, 0.2) is 29.2 Å². The molecule has 60 valence electrons. The van der Waals surface area contributed by atoms with Crippen LogP contribution in [0.4, 0.5) is 0 Å². The SMILES string of the molecule is ClCCSc1ccc(Cl)cc1. The van der Waals surface area contributed by atoms with Gasteiger partial charge < -0.3 is 0 Å². The highest BCUT2D eigenvalue weighted by atomic mass is 35.5. The van der Waals surface area contributed by atoms with E-state index in [9.17, 15) is 0 Å². The molecule has 1 aromatic rings. The van der Waals surface area contributed by atoms with Gasteiger partial charge in [-0.15, -0.1) is 23.4 Å². The lowest BCUT2D eigenvalue weighted by Gasteiger charge is -1.97. The summed E-state index contributed by atoms with van der Waals surface area (Å²) in [6.07, 6.45) is 0. The van der Waals surface area contributed by atoms with E-state index in [1.165, 1.54) is 4.90 Å². The van der Waals surface area contributed by atoms with Crippen molar-refractivity contribution in [3.05, 3.63) is 29.3 Å². The molecule has 0 radical (unpaired) electrons. The minimum Gasteiger partial charge on any atom is -0.126 e. The smallest absolute Gasteiger partial charge is 0.0406 e. The Kier molecular flexibility index (Phi) is 4.13. The summed E-state index contributed by atoms with van der Waals surface area (Å²) in [5.41, 5.74) is 0. The van der Waals surface area contributed by atoms with Crippen molar-refractivity contribution in [3.8, 4) is 0 Å². The molecule has 1 rings (SSSR count). The summed E-state index contributed by atoms with van der Waals surface area (Å²) >= 11 is 13.0. The van der Waals surface area contributed by atoms with E-state index >= 15 is 0 Å². The van der Waals surface area contributed by atoms with E-state index in [4.69, 9.17) is 23.2 Å². The Morgan fingerprint density at radius 3 is 2.36 bits per heavy atom. The van der Waals surface area contributed by atoms with Gasteiger partial charge in [0.05, 0.1) is 0 Å². The van der Waals surface area contributed by atoms with Crippen LogP contribution in [0.1, 0.15) is 0 Å². The van der Waals surface area contributed by atoms with Gasteiger partial charge in [0.2, 0.25) is 0 Å². The van der Waals surface area contributed by atoms with Crippen molar-refractivity contribution in [2.24, 2.45) is 0 Å². The lowest BCUT2D eigenvalue weighted by Crippen LogP contribution is -1.78. The summed E-state index contributed by atoms with van der Waals surface area (Å²) in [5.74, 6) is 1.64. The van der Waals surface area contributed by atoms with Crippen molar-refractivity contribution in [2.75, 3.05) is 11.6 Å². The Bertz CT molecular complexity index is 208. The lowest BCUT2D eigenvalue weighted by molar-refractivity contribution is 1.43. The van der Waals surface area contributed by atoms with E-state index in [-0.39, 0.29) is 0 Å². The van der Waals surface area contributed by atoms with E-state index in [1.54, 1.807) is 11.8 Å². The molecule has 0 aliphatic heterocycles. The van der Waals surface area contributed by atoms with Gasteiger partial charge in [-0.3, -0.25) is 0 Å². The molecule has 0 nitrogen and oxygen atoms in total. The van der Waals surface area contributed by atoms with Crippen LogP contribution >= 0.6 is 35.0 Å². The van der Waals surface area contributed by atoms with Crippen LogP contribution < -0.4 is 0 Å². The fraction of sp³-hybridized carbons (Fsp3) is 0.250. The molecular weight excluding hydrogens is 199 g/mol. The molecule has 11 heavy (non-hydrogen) atoms. The maximum absolute atomic E-state index is 5.71. The summed E-state index contributed by atoms with van der Waals surface area (Å²) in [7, 11) is 0. The zero-order valence-electron chi connectivity index (χ0n) is 5.89. The van der Waals surface area contributed by atoms with Crippen LogP contribution in [-0.2, 0) is 0 Å². The van der Waals surface area contributed by atoms with Gasteiger partial charge in [-0.25, -0.2) is 0 Å². The Morgan fingerprint density at radius 2 is 1.82 bits per heavy atom. The molecule has 0 aromatic heterocycles. The average molecular weight is 207 g/mol. The van der Waals surface area contributed by atoms with E-state index in [0.29, 0.717) is 5.88 Å². The first-order chi connectivity index (χ1) is 5.33. The highest BCUT2D eigenvalue weighted by Crippen LogP contribution is 2.19. The van der Waals surface area contributed by atoms with Gasteiger partial charge >= 0.3 is 0 Å². The third-order valence-corrected chi connectivity index (χ3v) is 2.84. The van der Waals surface area contributed by atoms with Gasteiger partial charge in [0, 0.05) is 21.6 Å². The molecule has 0 spiro atoms. The number of hydrogen-bond donors (Lipinski definition) is 0. The molecule has 0 amide bonds. The molecule has 0 unspecified atom stereocenters. The van der Waals surface area contributed by atoms with Crippen molar-refractivity contribution >= 4 is 35.0 Å². The van der Waals surface area contributed by atoms with Gasteiger partial charge in [-0.2, -0.15) is 0 Å². The molecule has 0 fully saturated rings. The molecule has 0 atom stereocenters. The molecule has 0 aliphatic carbocycles. The summed E-state index contributed by atoms with van der Waals surface area (Å²) in [4.78, 5) is 1.22. The zero-order chi connectivity index (χ0) is 8.10. The molecule has 0 heterocycles. The second-order valence-corrected chi connectivity index (χ2v) is 3.97. The predicted molar refractivity (Wildman–Crippen MR) is 52.9 cm³/mol. The third kappa shape index (κ3) is 3.37. The average Bonchev–Trinajstić information content (AvgIpc) is 2.04. The van der Waals surface area contributed by atoms with Crippen molar-refractivity contribution in [3.63, 3.8) is 0 Å². The second-order valence-electron chi connectivity index (χ2n) is 1.99. The minimum absolute atomic E-state index is 0.688. The first-order valence-corrected chi connectivity index (χ1v) is 5.17. The van der Waals surface area contributed by atoms with E-state index in [1.807, 2.05) is 24.3 Å². The van der Waals surface area contributed by atoms with Crippen LogP contribution in [-0.4, -0.2) is 11.6 Å². The molecular formula is C8H8Cl2S. The third-order valence-electron chi connectivity index (χ3n) is 1.16. The van der Waals surface area contributed by atoms with Crippen LogP contribution in [0.25, 0.3) is 0 Å². The Balaban J connectivity index is 2.52. The van der Waals surface area contributed by atoms with E-state index in [2.05, 4.69) is 0 Å². The van der Waals surface area contributed by atoms with Gasteiger partial charge in [0.25, 0.3) is 0 Å². The van der Waals surface area contributed by atoms with E-state index < -0.39 is 0 Å². The summed E-state index contributed by atoms with van der Waals surface area (Å²) in [6, 6.07) is 7.77. The normalized spacial score (nSPS) is 10.0. The van der Waals surface area contributed by atoms with Crippen molar-refractivity contribution in [1.82, 2.24) is 0 Å². The molecule has 0 saturated heterocycles. The van der Waals surface area contributed by atoms with Crippen LogP contribution in [0.5, 0.6) is 0 Å². The minimum atomic E-state index is 0.688. The van der Waals surface area contributed by atoms with Crippen LogP contribution in [0, 0.1) is 0 Å². The number of rotatable bonds is 3. The number of benzene rings is 1. The first-order valence-electron chi connectivity index (χ1n) is 3.27. The van der Waals surface area contributed by atoms with Crippen LogP contribution in [0.2, 0.25) is 5.02 Å². The highest BCUT2D eigenvalue weighted by Gasteiger charge is 1.91. The van der Waals surface area contributed by atoms with Crippen molar-refractivity contribution in [2.45, 2.75) is 4.90 Å². The zero-order valence-corrected chi connectivity index (χ0v) is 8.22. The number of thioether (sulfide) groups is 1. The van der Waals surface area contributed by atoms with Gasteiger partial charge in [-0.05, 0) is 24.3 Å². The quantitative estimate of drug-likeness (QED) is 0.538. The number of halogens is 2. The molecule has 3 heteroatoms.